The van der Waals surface area contributed by atoms with Crippen LogP contribution < -0.4 is 11.1 Å². The van der Waals surface area contributed by atoms with Gasteiger partial charge in [0.15, 0.2) is 0 Å². The van der Waals surface area contributed by atoms with Crippen LogP contribution in [0.5, 0.6) is 0 Å². The normalized spacial score (nSPS) is 13.8. The van der Waals surface area contributed by atoms with Crippen molar-refractivity contribution in [2.75, 3.05) is 6.54 Å². The van der Waals surface area contributed by atoms with E-state index in [1.54, 1.807) is 24.3 Å². The van der Waals surface area contributed by atoms with E-state index in [4.69, 9.17) is 11.0 Å². The second-order valence-electron chi connectivity index (χ2n) is 4.78. The van der Waals surface area contributed by atoms with Gasteiger partial charge in [-0.15, -0.1) is 0 Å². The van der Waals surface area contributed by atoms with E-state index < -0.39 is 18.1 Å². The Balaban J connectivity index is 2.61. The van der Waals surface area contributed by atoms with Crippen molar-refractivity contribution in [1.29, 1.82) is 5.26 Å². The average molecular weight is 261 g/mol. The van der Waals surface area contributed by atoms with Gasteiger partial charge < -0.3 is 16.2 Å². The number of carbonyl (C=O) groups is 1. The molecule has 1 amide bonds. The summed E-state index contributed by atoms with van der Waals surface area (Å²) in [6, 6.07) is 8.23. The summed E-state index contributed by atoms with van der Waals surface area (Å²) < 4.78 is 0. The first-order valence-electron chi connectivity index (χ1n) is 6.16. The third-order valence-corrected chi connectivity index (χ3v) is 2.93. The molecule has 5 nitrogen and oxygen atoms in total. The van der Waals surface area contributed by atoms with Gasteiger partial charge in [0.25, 0.3) is 0 Å². The Morgan fingerprint density at radius 2 is 2.00 bits per heavy atom. The van der Waals surface area contributed by atoms with E-state index in [0.29, 0.717) is 11.1 Å². The fraction of sp³-hybridized carbons (Fsp3) is 0.429. The molecule has 0 spiro atoms. The summed E-state index contributed by atoms with van der Waals surface area (Å²) in [6.07, 6.45) is -0.742. The van der Waals surface area contributed by atoms with Crippen LogP contribution in [0.2, 0.25) is 0 Å². The third-order valence-electron chi connectivity index (χ3n) is 2.93. The van der Waals surface area contributed by atoms with E-state index in [0.717, 1.165) is 0 Å². The van der Waals surface area contributed by atoms with Crippen molar-refractivity contribution < 1.29 is 9.90 Å². The van der Waals surface area contributed by atoms with E-state index in [1.165, 1.54) is 0 Å². The van der Waals surface area contributed by atoms with Crippen molar-refractivity contribution in [2.45, 2.75) is 26.0 Å². The van der Waals surface area contributed by atoms with Crippen LogP contribution in [0.25, 0.3) is 0 Å². The van der Waals surface area contributed by atoms with Crippen LogP contribution in [0.15, 0.2) is 24.3 Å². The highest BCUT2D eigenvalue weighted by atomic mass is 16.3. The number of hydrogen-bond acceptors (Lipinski definition) is 4. The van der Waals surface area contributed by atoms with Gasteiger partial charge >= 0.3 is 0 Å². The highest BCUT2D eigenvalue weighted by molar-refractivity contribution is 5.80. The first-order valence-corrected chi connectivity index (χ1v) is 6.16. The third kappa shape index (κ3) is 4.36. The monoisotopic (exact) mass is 261 g/mol. The Kier molecular flexibility index (Phi) is 5.49. The Labute approximate surface area is 113 Å². The van der Waals surface area contributed by atoms with Gasteiger partial charge in [-0.05, 0) is 23.6 Å². The lowest BCUT2D eigenvalue weighted by molar-refractivity contribution is -0.121. The number of nitrogens with zero attached hydrogens (tertiary/aromatic N) is 1. The minimum Gasteiger partial charge on any atom is -0.387 e. The first-order chi connectivity index (χ1) is 8.95. The van der Waals surface area contributed by atoms with E-state index in [2.05, 4.69) is 5.32 Å². The van der Waals surface area contributed by atoms with Crippen LogP contribution in [0.1, 0.15) is 31.1 Å². The highest BCUT2D eigenvalue weighted by Crippen LogP contribution is 2.13. The van der Waals surface area contributed by atoms with Crippen molar-refractivity contribution in [3.05, 3.63) is 35.4 Å². The van der Waals surface area contributed by atoms with Gasteiger partial charge in [0.2, 0.25) is 5.91 Å². The number of primary amides is 1. The summed E-state index contributed by atoms with van der Waals surface area (Å²) in [4.78, 5) is 11.2. The minimum absolute atomic E-state index is 0.0608. The quantitative estimate of drug-likeness (QED) is 0.701. The molecular weight excluding hydrogens is 242 g/mol. The van der Waals surface area contributed by atoms with Crippen LogP contribution in [0, 0.1) is 17.2 Å². The molecule has 0 radical (unpaired) electrons. The molecule has 0 aliphatic heterocycles. The van der Waals surface area contributed by atoms with Crippen LogP contribution in [-0.2, 0) is 4.79 Å². The standard InChI is InChI=1S/C14H19N3O2/c1-9(2)13(14(16)19)17-8-12(18)11-5-3-10(7-15)4-6-11/h3-6,9,12-13,17-18H,8H2,1-2H3,(H2,16,19). The number of amides is 1. The molecule has 4 N–H and O–H groups in total. The number of nitrogens with one attached hydrogen (secondary N) is 1. The number of aliphatic hydroxyl groups is 1. The number of benzene rings is 1. The van der Waals surface area contributed by atoms with E-state index in [1.807, 2.05) is 19.9 Å². The maximum atomic E-state index is 11.2. The molecule has 0 aliphatic carbocycles. The van der Waals surface area contributed by atoms with Gasteiger partial charge in [0.1, 0.15) is 0 Å². The molecule has 0 heterocycles. The van der Waals surface area contributed by atoms with Crippen LogP contribution >= 0.6 is 0 Å². The predicted molar refractivity (Wildman–Crippen MR) is 71.9 cm³/mol. The summed E-state index contributed by atoms with van der Waals surface area (Å²) >= 11 is 0. The fourth-order valence-corrected chi connectivity index (χ4v) is 1.80. The van der Waals surface area contributed by atoms with Crippen LogP contribution in [0.3, 0.4) is 0 Å². The number of nitrogens with two attached hydrogens (primary N) is 1. The lowest BCUT2D eigenvalue weighted by atomic mass is 10.0. The van der Waals surface area contributed by atoms with Crippen molar-refractivity contribution in [2.24, 2.45) is 11.7 Å². The van der Waals surface area contributed by atoms with Crippen molar-refractivity contribution in [3.8, 4) is 6.07 Å². The van der Waals surface area contributed by atoms with Gasteiger partial charge in [0.05, 0.1) is 23.8 Å². The topological polar surface area (TPSA) is 99.1 Å². The zero-order valence-electron chi connectivity index (χ0n) is 11.1. The van der Waals surface area contributed by atoms with Gasteiger partial charge in [0, 0.05) is 6.54 Å². The maximum Gasteiger partial charge on any atom is 0.234 e. The van der Waals surface area contributed by atoms with Crippen molar-refractivity contribution in [1.82, 2.24) is 5.32 Å². The molecule has 5 heteroatoms. The van der Waals surface area contributed by atoms with Crippen LogP contribution in [0.4, 0.5) is 0 Å². The zero-order chi connectivity index (χ0) is 14.4. The second kappa shape index (κ2) is 6.88. The molecule has 2 atom stereocenters. The van der Waals surface area contributed by atoms with Crippen LogP contribution in [-0.4, -0.2) is 23.6 Å². The smallest absolute Gasteiger partial charge is 0.234 e. The molecule has 0 saturated carbocycles. The molecule has 1 aromatic carbocycles. The van der Waals surface area contributed by atoms with E-state index >= 15 is 0 Å². The number of rotatable bonds is 6. The maximum absolute atomic E-state index is 11.2. The van der Waals surface area contributed by atoms with Gasteiger partial charge in [-0.25, -0.2) is 0 Å². The predicted octanol–water partition coefficient (Wildman–Crippen LogP) is 0.691. The molecule has 0 aliphatic rings. The number of carbonyl (C=O) groups excluding carboxylic acids is 1. The molecule has 1 rings (SSSR count). The van der Waals surface area contributed by atoms with E-state index in [9.17, 15) is 9.90 Å². The first kappa shape index (κ1) is 15.2. The molecule has 0 fully saturated rings. The molecule has 0 aromatic heterocycles. The highest BCUT2D eigenvalue weighted by Gasteiger charge is 2.20. The van der Waals surface area contributed by atoms with Crippen molar-refractivity contribution >= 4 is 5.91 Å². The SMILES string of the molecule is CC(C)C(NCC(O)c1ccc(C#N)cc1)C(N)=O. The summed E-state index contributed by atoms with van der Waals surface area (Å²) in [7, 11) is 0. The number of nitriles is 1. The molecule has 0 saturated heterocycles. The Morgan fingerprint density at radius 1 is 1.42 bits per heavy atom. The minimum atomic E-state index is -0.742. The molecule has 2 unspecified atom stereocenters. The Bertz CT molecular complexity index is 463. The lowest BCUT2D eigenvalue weighted by Gasteiger charge is -2.21. The number of hydrogen-bond donors (Lipinski definition) is 3. The van der Waals surface area contributed by atoms with Crippen molar-refractivity contribution in [3.63, 3.8) is 0 Å². The second-order valence-corrected chi connectivity index (χ2v) is 4.78. The largest absolute Gasteiger partial charge is 0.387 e. The molecule has 0 bridgehead atoms. The van der Waals surface area contributed by atoms with Gasteiger partial charge in [-0.2, -0.15) is 5.26 Å². The Hall–Kier alpha value is -1.90. The average Bonchev–Trinajstić information content (AvgIpc) is 2.38. The zero-order valence-corrected chi connectivity index (χ0v) is 11.1. The summed E-state index contributed by atoms with van der Waals surface area (Å²) in [6.45, 7) is 4.00. The molecule has 102 valence electrons. The molecule has 1 aromatic rings. The number of aliphatic hydroxyl groups excluding tert-OH is 1. The summed E-state index contributed by atoms with van der Waals surface area (Å²) in [5.41, 5.74) is 6.52. The molecule has 19 heavy (non-hydrogen) atoms. The lowest BCUT2D eigenvalue weighted by Crippen LogP contribution is -2.46. The van der Waals surface area contributed by atoms with Gasteiger partial charge in [-0.3, -0.25) is 4.79 Å². The summed E-state index contributed by atoms with van der Waals surface area (Å²) in [5.74, 6) is -0.368. The Morgan fingerprint density at radius 3 is 2.42 bits per heavy atom. The summed E-state index contributed by atoms with van der Waals surface area (Å²) in [5, 5.41) is 21.6. The van der Waals surface area contributed by atoms with E-state index in [-0.39, 0.29) is 12.5 Å². The fourth-order valence-electron chi connectivity index (χ4n) is 1.80. The molecular formula is C14H19N3O2. The van der Waals surface area contributed by atoms with Gasteiger partial charge in [-0.1, -0.05) is 26.0 Å².